The van der Waals surface area contributed by atoms with E-state index in [2.05, 4.69) is 44.5 Å². The van der Waals surface area contributed by atoms with Gasteiger partial charge in [-0.05, 0) is 53.4 Å². The molecule has 0 aliphatic heterocycles. The van der Waals surface area contributed by atoms with Gasteiger partial charge in [0.2, 0.25) is 0 Å². The number of para-hydroxylation sites is 1. The molecule has 1 aromatic carbocycles. The minimum Gasteiger partial charge on any atom is -0.340 e. The van der Waals surface area contributed by atoms with E-state index in [4.69, 9.17) is 5.26 Å². The Bertz CT molecular complexity index is 1080. The summed E-state index contributed by atoms with van der Waals surface area (Å²) < 4.78 is 0. The highest BCUT2D eigenvalue weighted by molar-refractivity contribution is 5.61. The van der Waals surface area contributed by atoms with Crippen molar-refractivity contribution in [2.24, 2.45) is 0 Å². The Labute approximate surface area is 169 Å². The maximum absolute atomic E-state index is 9.10. The molecule has 0 bridgehead atoms. The molecule has 0 unspecified atom stereocenters. The number of anilines is 2. The van der Waals surface area contributed by atoms with Crippen LogP contribution in [0, 0.1) is 11.3 Å². The summed E-state index contributed by atoms with van der Waals surface area (Å²) in [6, 6.07) is 23.7. The van der Waals surface area contributed by atoms with E-state index >= 15 is 0 Å². The second-order valence-corrected chi connectivity index (χ2v) is 6.63. The lowest BCUT2D eigenvalue weighted by molar-refractivity contribution is 0.795. The normalized spacial score (nSPS) is 10.5. The highest BCUT2D eigenvalue weighted by Crippen LogP contribution is 2.31. The first-order chi connectivity index (χ1) is 14.3. The Hall–Kier alpha value is -4.04. The van der Waals surface area contributed by atoms with Gasteiger partial charge in [-0.3, -0.25) is 9.97 Å². The molecule has 0 radical (unpaired) electrons. The monoisotopic (exact) mass is 377 g/mol. The van der Waals surface area contributed by atoms with Crippen molar-refractivity contribution >= 4 is 11.5 Å². The van der Waals surface area contributed by atoms with Crippen LogP contribution in [0.25, 0.3) is 0 Å². The van der Waals surface area contributed by atoms with Crippen LogP contribution in [0.15, 0.2) is 91.5 Å². The van der Waals surface area contributed by atoms with Crippen LogP contribution in [0.5, 0.6) is 0 Å². The van der Waals surface area contributed by atoms with E-state index in [-0.39, 0.29) is 5.92 Å². The van der Waals surface area contributed by atoms with Gasteiger partial charge < -0.3 is 5.32 Å². The molecule has 0 saturated carbocycles. The third kappa shape index (κ3) is 4.45. The van der Waals surface area contributed by atoms with Crippen molar-refractivity contribution in [1.82, 2.24) is 15.0 Å². The molecule has 0 aliphatic rings. The topological polar surface area (TPSA) is 74.5 Å². The summed E-state index contributed by atoms with van der Waals surface area (Å²) in [4.78, 5) is 12.9. The molecular formula is C24H19N5. The van der Waals surface area contributed by atoms with Crippen LogP contribution in [-0.2, 0) is 6.42 Å². The average Bonchev–Trinajstić information content (AvgIpc) is 2.80. The molecule has 0 spiro atoms. The van der Waals surface area contributed by atoms with Crippen molar-refractivity contribution in [3.8, 4) is 6.07 Å². The molecule has 0 aliphatic carbocycles. The number of hydrogen-bond donors (Lipinski definition) is 1. The molecule has 0 saturated heterocycles. The summed E-state index contributed by atoms with van der Waals surface area (Å²) >= 11 is 0. The van der Waals surface area contributed by atoms with Crippen molar-refractivity contribution < 1.29 is 0 Å². The zero-order chi connectivity index (χ0) is 19.9. The zero-order valence-electron chi connectivity index (χ0n) is 15.7. The number of nitriles is 1. The molecule has 3 aromatic heterocycles. The Morgan fingerprint density at radius 1 is 0.828 bits per heavy atom. The van der Waals surface area contributed by atoms with Crippen LogP contribution in [0.3, 0.4) is 0 Å². The quantitative estimate of drug-likeness (QED) is 0.519. The third-order valence-electron chi connectivity index (χ3n) is 4.74. The van der Waals surface area contributed by atoms with Crippen LogP contribution >= 0.6 is 0 Å². The number of rotatable bonds is 6. The van der Waals surface area contributed by atoms with Crippen molar-refractivity contribution in [3.63, 3.8) is 0 Å². The van der Waals surface area contributed by atoms with Crippen LogP contribution in [0.1, 0.15) is 28.3 Å². The van der Waals surface area contributed by atoms with Gasteiger partial charge >= 0.3 is 0 Å². The number of hydrogen-bond acceptors (Lipinski definition) is 5. The van der Waals surface area contributed by atoms with Crippen LogP contribution in [-0.4, -0.2) is 15.0 Å². The second-order valence-electron chi connectivity index (χ2n) is 6.63. The smallest absolute Gasteiger partial charge is 0.142 e. The molecule has 0 fully saturated rings. The van der Waals surface area contributed by atoms with E-state index in [0.29, 0.717) is 11.5 Å². The molecule has 1 N–H and O–H groups in total. The maximum atomic E-state index is 9.10. The lowest BCUT2D eigenvalue weighted by Crippen LogP contribution is -2.08. The molecule has 5 nitrogen and oxygen atoms in total. The van der Waals surface area contributed by atoms with Crippen LogP contribution in [0.2, 0.25) is 0 Å². The maximum Gasteiger partial charge on any atom is 0.142 e. The lowest BCUT2D eigenvalue weighted by atomic mass is 9.87. The fraction of sp³-hybridized carbons (Fsp3) is 0.0833. The van der Waals surface area contributed by atoms with Gasteiger partial charge in [0, 0.05) is 36.4 Å². The molecular weight excluding hydrogens is 358 g/mol. The number of nitrogens with one attached hydrogen (secondary N) is 1. The predicted octanol–water partition coefficient (Wildman–Crippen LogP) is 4.86. The molecule has 0 amide bonds. The van der Waals surface area contributed by atoms with Crippen molar-refractivity contribution in [2.45, 2.75) is 12.3 Å². The Morgan fingerprint density at radius 3 is 2.21 bits per heavy atom. The van der Waals surface area contributed by atoms with Crippen molar-refractivity contribution in [1.29, 1.82) is 5.26 Å². The standard InChI is InChI=1S/C24H19N5/c25-15-21-9-3-11-24(28-21)29-23-10-2-1-6-18(23)14-22(19-7-4-12-26-16-19)20-8-5-13-27-17-20/h1-13,16-17,22H,14H2,(H,28,29). The lowest BCUT2D eigenvalue weighted by Gasteiger charge is -2.20. The van der Waals surface area contributed by atoms with Crippen LogP contribution < -0.4 is 5.32 Å². The highest BCUT2D eigenvalue weighted by atomic mass is 15.0. The zero-order valence-corrected chi connectivity index (χ0v) is 15.7. The minimum absolute atomic E-state index is 0.124. The fourth-order valence-electron chi connectivity index (χ4n) is 3.34. The summed E-state index contributed by atoms with van der Waals surface area (Å²) in [7, 11) is 0. The summed E-state index contributed by atoms with van der Waals surface area (Å²) in [5.74, 6) is 0.773. The van der Waals surface area contributed by atoms with Gasteiger partial charge in [-0.1, -0.05) is 36.4 Å². The van der Waals surface area contributed by atoms with Gasteiger partial charge in [-0.15, -0.1) is 0 Å². The Balaban J connectivity index is 1.68. The Kier molecular flexibility index (Phi) is 5.54. The van der Waals surface area contributed by atoms with Gasteiger partial charge in [0.15, 0.2) is 0 Å². The number of benzene rings is 1. The third-order valence-corrected chi connectivity index (χ3v) is 4.74. The SMILES string of the molecule is N#Cc1cccc(Nc2ccccc2CC(c2cccnc2)c2cccnc2)n1. The summed E-state index contributed by atoms with van der Waals surface area (Å²) in [5.41, 5.74) is 4.78. The summed E-state index contributed by atoms with van der Waals surface area (Å²) in [6.07, 6.45) is 8.16. The van der Waals surface area contributed by atoms with Gasteiger partial charge in [-0.25, -0.2) is 4.98 Å². The summed E-state index contributed by atoms with van der Waals surface area (Å²) in [5, 5.41) is 12.5. The Morgan fingerprint density at radius 2 is 1.55 bits per heavy atom. The van der Waals surface area contributed by atoms with E-state index in [9.17, 15) is 0 Å². The van der Waals surface area contributed by atoms with E-state index < -0.39 is 0 Å². The molecule has 29 heavy (non-hydrogen) atoms. The van der Waals surface area contributed by atoms with Crippen LogP contribution in [0.4, 0.5) is 11.5 Å². The fourth-order valence-corrected chi connectivity index (χ4v) is 3.34. The summed E-state index contributed by atoms with van der Waals surface area (Å²) in [6.45, 7) is 0. The molecule has 0 atom stereocenters. The van der Waals surface area contributed by atoms with Gasteiger partial charge in [-0.2, -0.15) is 5.26 Å². The van der Waals surface area contributed by atoms with E-state index in [1.807, 2.05) is 54.9 Å². The molecule has 4 rings (SSSR count). The van der Waals surface area contributed by atoms with Gasteiger partial charge in [0.1, 0.15) is 17.6 Å². The van der Waals surface area contributed by atoms with Gasteiger partial charge in [0.25, 0.3) is 0 Å². The van der Waals surface area contributed by atoms with E-state index in [1.54, 1.807) is 18.5 Å². The highest BCUT2D eigenvalue weighted by Gasteiger charge is 2.17. The van der Waals surface area contributed by atoms with E-state index in [1.165, 1.54) is 0 Å². The first-order valence-electron chi connectivity index (χ1n) is 9.35. The average molecular weight is 377 g/mol. The van der Waals surface area contributed by atoms with E-state index in [0.717, 1.165) is 28.8 Å². The first-order valence-corrected chi connectivity index (χ1v) is 9.35. The molecule has 5 heteroatoms. The molecule has 3 heterocycles. The number of pyridine rings is 3. The van der Waals surface area contributed by atoms with Gasteiger partial charge in [0.05, 0.1) is 0 Å². The number of aromatic nitrogens is 3. The minimum atomic E-state index is 0.124. The largest absolute Gasteiger partial charge is 0.340 e. The predicted molar refractivity (Wildman–Crippen MR) is 113 cm³/mol. The second kappa shape index (κ2) is 8.77. The van der Waals surface area contributed by atoms with Crippen molar-refractivity contribution in [2.75, 3.05) is 5.32 Å². The molecule has 140 valence electrons. The molecule has 4 aromatic rings. The number of nitrogens with zero attached hydrogens (tertiary/aromatic N) is 4. The van der Waals surface area contributed by atoms with Crippen molar-refractivity contribution in [3.05, 3.63) is 114 Å². The first kappa shape index (κ1) is 18.3.